The van der Waals surface area contributed by atoms with E-state index in [-0.39, 0.29) is 12.0 Å². The van der Waals surface area contributed by atoms with Crippen molar-refractivity contribution in [2.24, 2.45) is 10.8 Å². The van der Waals surface area contributed by atoms with E-state index < -0.39 is 0 Å². The summed E-state index contributed by atoms with van der Waals surface area (Å²) in [6, 6.07) is 0.642. The van der Waals surface area contributed by atoms with Crippen LogP contribution in [0.1, 0.15) is 58.8 Å². The summed E-state index contributed by atoms with van der Waals surface area (Å²) < 4.78 is 11.6. The van der Waals surface area contributed by atoms with Crippen LogP contribution in [-0.4, -0.2) is 61.7 Å². The van der Waals surface area contributed by atoms with E-state index in [4.69, 9.17) is 9.47 Å². The van der Waals surface area contributed by atoms with Crippen molar-refractivity contribution >= 4 is 0 Å². The van der Waals surface area contributed by atoms with Crippen LogP contribution in [0.4, 0.5) is 0 Å². The number of nitrogens with zero attached hydrogens (tertiary/aromatic N) is 1. The maximum Gasteiger partial charge on any atom is 0.0661 e. The molecule has 0 amide bonds. The minimum absolute atomic E-state index is 0.0122. The second-order valence-corrected chi connectivity index (χ2v) is 8.11. The molecule has 0 radical (unpaired) electrons. The summed E-state index contributed by atoms with van der Waals surface area (Å²) in [5.74, 6) is 0. The van der Waals surface area contributed by atoms with Crippen LogP contribution < -0.4 is 0 Å². The fourth-order valence-electron chi connectivity index (χ4n) is 5.23. The Morgan fingerprint density at radius 3 is 2.43 bits per heavy atom. The van der Waals surface area contributed by atoms with Gasteiger partial charge < -0.3 is 14.6 Å². The molecule has 4 heteroatoms. The zero-order valence-electron chi connectivity index (χ0n) is 15.1. The molecule has 0 aromatic carbocycles. The quantitative estimate of drug-likeness (QED) is 0.745. The fourth-order valence-corrected chi connectivity index (χ4v) is 5.23. The Balaban J connectivity index is 1.73. The first-order chi connectivity index (χ1) is 11.2. The van der Waals surface area contributed by atoms with Crippen molar-refractivity contribution in [1.29, 1.82) is 0 Å². The third-order valence-corrected chi connectivity index (χ3v) is 6.54. The Hall–Kier alpha value is -0.160. The largest absolute Gasteiger partial charge is 0.396 e. The van der Waals surface area contributed by atoms with Crippen LogP contribution in [0.2, 0.25) is 0 Å². The van der Waals surface area contributed by atoms with Gasteiger partial charge in [0.1, 0.15) is 0 Å². The van der Waals surface area contributed by atoms with Gasteiger partial charge in [-0.1, -0.05) is 26.2 Å². The summed E-state index contributed by atoms with van der Waals surface area (Å²) in [6.45, 7) is 9.04. The molecule has 1 saturated heterocycles. The number of aliphatic hydroxyl groups excluding tert-OH is 1. The lowest BCUT2D eigenvalue weighted by molar-refractivity contribution is -0.206. The Morgan fingerprint density at radius 2 is 1.91 bits per heavy atom. The fraction of sp³-hybridized carbons (Fsp3) is 1.00. The maximum absolute atomic E-state index is 9.83. The lowest BCUT2D eigenvalue weighted by atomic mass is 9.54. The number of ether oxygens (including phenoxy) is 2. The van der Waals surface area contributed by atoms with Gasteiger partial charge in [-0.25, -0.2) is 0 Å². The van der Waals surface area contributed by atoms with Crippen molar-refractivity contribution in [3.8, 4) is 0 Å². The van der Waals surface area contributed by atoms with E-state index >= 15 is 0 Å². The lowest BCUT2D eigenvalue weighted by Gasteiger charge is -2.62. The molecule has 1 aliphatic heterocycles. The number of aliphatic hydroxyl groups is 1. The molecule has 2 aliphatic carbocycles. The van der Waals surface area contributed by atoms with E-state index in [9.17, 15) is 5.11 Å². The molecule has 0 aromatic heterocycles. The predicted octanol–water partition coefficient (Wildman–Crippen LogP) is 2.84. The Bertz CT molecular complexity index is 371. The average Bonchev–Trinajstić information content (AvgIpc) is 2.54. The second kappa shape index (κ2) is 7.38. The van der Waals surface area contributed by atoms with Crippen LogP contribution in [0.5, 0.6) is 0 Å². The highest BCUT2D eigenvalue weighted by molar-refractivity contribution is 5.10. The molecular weight excluding hydrogens is 290 g/mol. The van der Waals surface area contributed by atoms with Gasteiger partial charge in [0.25, 0.3) is 0 Å². The smallest absolute Gasteiger partial charge is 0.0661 e. The summed E-state index contributed by atoms with van der Waals surface area (Å²) in [4.78, 5) is 2.68. The SMILES string of the molecule is CCCN(CC1(CO)COC1)C1CC(OCC)C12CCCCC2. The molecule has 3 rings (SSSR count). The summed E-state index contributed by atoms with van der Waals surface area (Å²) in [6.07, 6.45) is 9.55. The highest BCUT2D eigenvalue weighted by Crippen LogP contribution is 2.55. The van der Waals surface area contributed by atoms with Gasteiger partial charge in [0, 0.05) is 24.6 Å². The number of hydrogen-bond acceptors (Lipinski definition) is 4. The van der Waals surface area contributed by atoms with E-state index in [2.05, 4.69) is 18.7 Å². The van der Waals surface area contributed by atoms with Crippen LogP contribution >= 0.6 is 0 Å². The first-order valence-electron chi connectivity index (χ1n) is 9.74. The third-order valence-electron chi connectivity index (χ3n) is 6.54. The molecule has 134 valence electrons. The second-order valence-electron chi connectivity index (χ2n) is 8.11. The van der Waals surface area contributed by atoms with Crippen LogP contribution in [0, 0.1) is 10.8 Å². The molecule has 1 spiro atoms. The van der Waals surface area contributed by atoms with E-state index in [0.29, 0.717) is 17.6 Å². The molecule has 2 atom stereocenters. The van der Waals surface area contributed by atoms with Gasteiger partial charge in [-0.2, -0.15) is 0 Å². The molecule has 4 nitrogen and oxygen atoms in total. The van der Waals surface area contributed by atoms with Crippen molar-refractivity contribution in [1.82, 2.24) is 4.90 Å². The third kappa shape index (κ3) is 3.20. The highest BCUT2D eigenvalue weighted by atomic mass is 16.5. The average molecular weight is 325 g/mol. The van der Waals surface area contributed by atoms with Crippen molar-refractivity contribution in [3.05, 3.63) is 0 Å². The van der Waals surface area contributed by atoms with E-state index in [1.54, 1.807) is 0 Å². The minimum atomic E-state index is -0.0122. The van der Waals surface area contributed by atoms with Crippen molar-refractivity contribution in [2.45, 2.75) is 70.9 Å². The standard InChI is InChI=1S/C19H35NO3/c1-3-10-20(12-18(13-21)14-22-15-18)16-11-17(23-4-2)19(16)8-6-5-7-9-19/h16-17,21H,3-15H2,1-2H3. The molecule has 2 unspecified atom stereocenters. The molecule has 0 aromatic rings. The molecule has 3 aliphatic rings. The van der Waals surface area contributed by atoms with Gasteiger partial charge in [-0.05, 0) is 39.2 Å². The van der Waals surface area contributed by atoms with Crippen LogP contribution in [0.3, 0.4) is 0 Å². The van der Waals surface area contributed by atoms with Crippen molar-refractivity contribution in [3.63, 3.8) is 0 Å². The monoisotopic (exact) mass is 325 g/mol. The van der Waals surface area contributed by atoms with E-state index in [1.165, 1.54) is 44.9 Å². The molecule has 23 heavy (non-hydrogen) atoms. The lowest BCUT2D eigenvalue weighted by Crippen LogP contribution is -2.68. The highest BCUT2D eigenvalue weighted by Gasteiger charge is 2.58. The van der Waals surface area contributed by atoms with E-state index in [0.717, 1.165) is 32.9 Å². The summed E-state index contributed by atoms with van der Waals surface area (Å²) >= 11 is 0. The van der Waals surface area contributed by atoms with Gasteiger partial charge in [-0.3, -0.25) is 4.90 Å². The topological polar surface area (TPSA) is 41.9 Å². The van der Waals surface area contributed by atoms with Crippen LogP contribution in [0.15, 0.2) is 0 Å². The number of rotatable bonds is 8. The zero-order valence-corrected chi connectivity index (χ0v) is 15.1. The van der Waals surface area contributed by atoms with Crippen molar-refractivity contribution < 1.29 is 14.6 Å². The van der Waals surface area contributed by atoms with Crippen LogP contribution in [0.25, 0.3) is 0 Å². The Labute approximate surface area is 141 Å². The first-order valence-corrected chi connectivity index (χ1v) is 9.74. The normalized spacial score (nSPS) is 31.8. The van der Waals surface area contributed by atoms with Gasteiger partial charge in [0.15, 0.2) is 0 Å². The maximum atomic E-state index is 9.83. The molecule has 2 saturated carbocycles. The molecule has 1 heterocycles. The first kappa shape index (κ1) is 17.7. The minimum Gasteiger partial charge on any atom is -0.396 e. The van der Waals surface area contributed by atoms with Crippen molar-refractivity contribution in [2.75, 3.05) is 39.5 Å². The zero-order chi connectivity index (χ0) is 16.3. The van der Waals surface area contributed by atoms with Crippen LogP contribution in [-0.2, 0) is 9.47 Å². The number of hydrogen-bond donors (Lipinski definition) is 1. The van der Waals surface area contributed by atoms with Gasteiger partial charge >= 0.3 is 0 Å². The molecule has 1 N–H and O–H groups in total. The molecular formula is C19H35NO3. The Morgan fingerprint density at radius 1 is 1.17 bits per heavy atom. The van der Waals surface area contributed by atoms with Gasteiger partial charge in [0.2, 0.25) is 0 Å². The van der Waals surface area contributed by atoms with E-state index in [1.807, 2.05) is 0 Å². The van der Waals surface area contributed by atoms with Gasteiger partial charge in [-0.15, -0.1) is 0 Å². The summed E-state index contributed by atoms with van der Waals surface area (Å²) in [5, 5.41) is 9.83. The predicted molar refractivity (Wildman–Crippen MR) is 91.5 cm³/mol. The summed E-state index contributed by atoms with van der Waals surface area (Å²) in [5.41, 5.74) is 0.367. The molecule has 0 bridgehead atoms. The molecule has 3 fully saturated rings. The Kier molecular flexibility index (Phi) is 5.67. The summed E-state index contributed by atoms with van der Waals surface area (Å²) in [7, 11) is 0. The van der Waals surface area contributed by atoms with Gasteiger partial charge in [0.05, 0.1) is 31.3 Å².